The molecule has 0 fully saturated rings. The third-order valence-corrected chi connectivity index (χ3v) is 5.30. The van der Waals surface area contributed by atoms with Gasteiger partial charge in [0, 0.05) is 23.8 Å². The summed E-state index contributed by atoms with van der Waals surface area (Å²) in [6.07, 6.45) is 7.39. The molecule has 0 amide bonds. The van der Waals surface area contributed by atoms with Crippen molar-refractivity contribution in [3.63, 3.8) is 0 Å². The average molecular weight is 310 g/mol. The van der Waals surface area contributed by atoms with E-state index in [1.165, 1.54) is 58.6 Å². The smallest absolute Gasteiger partial charge is 0.160 e. The van der Waals surface area contributed by atoms with Gasteiger partial charge in [-0.15, -0.1) is 0 Å². The van der Waals surface area contributed by atoms with E-state index in [9.17, 15) is 0 Å². The van der Waals surface area contributed by atoms with Gasteiger partial charge >= 0.3 is 0 Å². The van der Waals surface area contributed by atoms with E-state index in [1.807, 2.05) is 0 Å². The largest absolute Gasteiger partial charge is 0.219 e. The lowest BCUT2D eigenvalue weighted by molar-refractivity contribution is -0.567. The summed E-state index contributed by atoms with van der Waals surface area (Å²) in [5.41, 5.74) is 5.65. The van der Waals surface area contributed by atoms with Crippen LogP contribution in [0, 0.1) is 0 Å². The molecule has 1 aliphatic carbocycles. The van der Waals surface area contributed by atoms with Crippen molar-refractivity contribution in [2.75, 3.05) is 0 Å². The Bertz CT molecular complexity index is 1050. The van der Waals surface area contributed by atoms with Gasteiger partial charge in [0.15, 0.2) is 6.20 Å². The second kappa shape index (κ2) is 5.45. The molecule has 1 heteroatoms. The first-order valence-corrected chi connectivity index (χ1v) is 8.85. The molecule has 0 unspecified atom stereocenters. The Labute approximate surface area is 142 Å². The standard InChI is InChI=1S/C23H20N/c1-2-10-19(11-3-1)24-16-18-9-5-7-13-21(18)23-20-12-6-4-8-17(20)14-15-22(23)24/h1-4,6,8,10-12,14-16H,5,7,9,13H2/q+1. The number of benzene rings is 3. The Morgan fingerprint density at radius 1 is 0.708 bits per heavy atom. The molecule has 0 atom stereocenters. The molecule has 3 aromatic carbocycles. The number of pyridine rings is 1. The second-order valence-electron chi connectivity index (χ2n) is 6.73. The van der Waals surface area contributed by atoms with Gasteiger partial charge in [-0.25, -0.2) is 0 Å². The Kier molecular flexibility index (Phi) is 3.12. The number of rotatable bonds is 1. The van der Waals surface area contributed by atoms with Crippen LogP contribution in [0.15, 0.2) is 72.9 Å². The number of nitrogens with zero attached hydrogens (tertiary/aromatic N) is 1. The minimum Gasteiger partial charge on any atom is -0.160 e. The van der Waals surface area contributed by atoms with Gasteiger partial charge in [-0.2, -0.15) is 4.57 Å². The zero-order valence-corrected chi connectivity index (χ0v) is 13.7. The Hall–Kier alpha value is -2.67. The monoisotopic (exact) mass is 310 g/mol. The molecule has 1 aromatic heterocycles. The third-order valence-electron chi connectivity index (χ3n) is 5.30. The summed E-state index contributed by atoms with van der Waals surface area (Å²) in [6.45, 7) is 0. The number of fused-ring (bicyclic) bond motifs is 5. The van der Waals surface area contributed by atoms with Gasteiger partial charge in [-0.1, -0.05) is 42.5 Å². The second-order valence-corrected chi connectivity index (χ2v) is 6.73. The maximum absolute atomic E-state index is 2.38. The lowest BCUT2D eigenvalue weighted by Crippen LogP contribution is -2.33. The normalized spacial score (nSPS) is 14.0. The summed E-state index contributed by atoms with van der Waals surface area (Å²) in [5, 5.41) is 4.18. The van der Waals surface area contributed by atoms with Gasteiger partial charge in [0.2, 0.25) is 11.2 Å². The highest BCUT2D eigenvalue weighted by Crippen LogP contribution is 2.32. The van der Waals surface area contributed by atoms with Crippen LogP contribution in [-0.2, 0) is 12.8 Å². The van der Waals surface area contributed by atoms with Crippen molar-refractivity contribution in [1.29, 1.82) is 0 Å². The van der Waals surface area contributed by atoms with E-state index < -0.39 is 0 Å². The highest BCUT2D eigenvalue weighted by molar-refractivity contribution is 6.07. The van der Waals surface area contributed by atoms with Crippen LogP contribution in [0.2, 0.25) is 0 Å². The summed E-state index contributed by atoms with van der Waals surface area (Å²) in [7, 11) is 0. The van der Waals surface area contributed by atoms with Gasteiger partial charge < -0.3 is 0 Å². The molecule has 116 valence electrons. The van der Waals surface area contributed by atoms with E-state index in [4.69, 9.17) is 0 Å². The van der Waals surface area contributed by atoms with Crippen molar-refractivity contribution in [3.8, 4) is 5.69 Å². The minimum absolute atomic E-state index is 1.20. The number of aryl methyl sites for hydroxylation is 2. The first kappa shape index (κ1) is 13.7. The first-order valence-electron chi connectivity index (χ1n) is 8.85. The number of hydrogen-bond donors (Lipinski definition) is 0. The van der Waals surface area contributed by atoms with Crippen molar-refractivity contribution in [3.05, 3.63) is 84.1 Å². The topological polar surface area (TPSA) is 3.88 Å². The molecular weight excluding hydrogens is 290 g/mol. The Morgan fingerprint density at radius 2 is 1.50 bits per heavy atom. The van der Waals surface area contributed by atoms with Gasteiger partial charge in [-0.3, -0.25) is 0 Å². The maximum atomic E-state index is 2.38. The molecule has 0 bridgehead atoms. The van der Waals surface area contributed by atoms with Crippen LogP contribution in [-0.4, -0.2) is 0 Å². The van der Waals surface area contributed by atoms with E-state index in [0.717, 1.165) is 0 Å². The summed E-state index contributed by atoms with van der Waals surface area (Å²) in [5.74, 6) is 0. The van der Waals surface area contributed by atoms with Gasteiger partial charge in [0.25, 0.3) is 0 Å². The maximum Gasteiger partial charge on any atom is 0.219 e. The lowest BCUT2D eigenvalue weighted by atomic mass is 9.88. The van der Waals surface area contributed by atoms with Crippen molar-refractivity contribution in [2.24, 2.45) is 0 Å². The summed E-state index contributed by atoms with van der Waals surface area (Å²) in [4.78, 5) is 0. The molecule has 0 aliphatic heterocycles. The number of hydrogen-bond acceptors (Lipinski definition) is 0. The molecule has 4 aromatic rings. The van der Waals surface area contributed by atoms with Crippen molar-refractivity contribution in [2.45, 2.75) is 25.7 Å². The molecule has 0 saturated heterocycles. The Morgan fingerprint density at radius 3 is 2.42 bits per heavy atom. The van der Waals surface area contributed by atoms with Crippen LogP contribution >= 0.6 is 0 Å². The molecule has 0 saturated carbocycles. The van der Waals surface area contributed by atoms with Gasteiger partial charge in [0.1, 0.15) is 0 Å². The highest BCUT2D eigenvalue weighted by Gasteiger charge is 2.23. The fourth-order valence-corrected chi connectivity index (χ4v) is 4.16. The summed E-state index contributed by atoms with van der Waals surface area (Å²) < 4.78 is 2.38. The van der Waals surface area contributed by atoms with Crippen LogP contribution in [0.4, 0.5) is 0 Å². The molecule has 0 spiro atoms. The van der Waals surface area contributed by atoms with Crippen LogP contribution < -0.4 is 4.57 Å². The predicted molar refractivity (Wildman–Crippen MR) is 99.6 cm³/mol. The molecular formula is C23H20N+. The van der Waals surface area contributed by atoms with Crippen LogP contribution in [0.25, 0.3) is 27.4 Å². The van der Waals surface area contributed by atoms with Crippen LogP contribution in [0.1, 0.15) is 24.0 Å². The fourth-order valence-electron chi connectivity index (χ4n) is 4.16. The van der Waals surface area contributed by atoms with E-state index >= 15 is 0 Å². The zero-order chi connectivity index (χ0) is 15.9. The molecule has 1 heterocycles. The summed E-state index contributed by atoms with van der Waals surface area (Å²) in [6, 6.07) is 24.1. The minimum atomic E-state index is 1.20. The average Bonchev–Trinajstić information content (AvgIpc) is 2.67. The predicted octanol–water partition coefficient (Wildman–Crippen LogP) is 5.15. The fraction of sp³-hybridized carbons (Fsp3) is 0.174. The van der Waals surface area contributed by atoms with E-state index in [2.05, 4.69) is 77.5 Å². The first-order chi connectivity index (χ1) is 11.9. The van der Waals surface area contributed by atoms with Gasteiger partial charge in [-0.05, 0) is 48.1 Å². The lowest BCUT2D eigenvalue weighted by Gasteiger charge is -2.18. The SMILES string of the molecule is c1ccc(-[n+]2cc3c(c4c5ccccc5ccc42)CCCC3)cc1. The number of para-hydroxylation sites is 1. The van der Waals surface area contributed by atoms with Crippen LogP contribution in [0.3, 0.4) is 0 Å². The number of aromatic nitrogens is 1. The van der Waals surface area contributed by atoms with Crippen LogP contribution in [0.5, 0.6) is 0 Å². The van der Waals surface area contributed by atoms with Crippen molar-refractivity contribution >= 4 is 21.7 Å². The van der Waals surface area contributed by atoms with Gasteiger partial charge in [0.05, 0.1) is 5.39 Å². The van der Waals surface area contributed by atoms with Crippen molar-refractivity contribution < 1.29 is 4.57 Å². The quantitative estimate of drug-likeness (QED) is 0.338. The highest BCUT2D eigenvalue weighted by atomic mass is 15.0. The Balaban J connectivity index is 1.96. The van der Waals surface area contributed by atoms with E-state index in [1.54, 1.807) is 5.56 Å². The molecule has 0 radical (unpaired) electrons. The molecule has 1 nitrogen and oxygen atoms in total. The molecule has 1 aliphatic rings. The zero-order valence-electron chi connectivity index (χ0n) is 13.7. The van der Waals surface area contributed by atoms with E-state index in [-0.39, 0.29) is 0 Å². The summed E-state index contributed by atoms with van der Waals surface area (Å²) >= 11 is 0. The van der Waals surface area contributed by atoms with E-state index in [0.29, 0.717) is 0 Å². The molecule has 0 N–H and O–H groups in total. The molecule has 24 heavy (non-hydrogen) atoms. The third kappa shape index (κ3) is 2.05. The van der Waals surface area contributed by atoms with Crippen molar-refractivity contribution in [1.82, 2.24) is 0 Å². The molecule has 5 rings (SSSR count).